The molecule has 0 unspecified atom stereocenters. The van der Waals surface area contributed by atoms with Gasteiger partial charge in [0.1, 0.15) is 6.54 Å². The summed E-state index contributed by atoms with van der Waals surface area (Å²) in [4.78, 5) is 14.2. The van der Waals surface area contributed by atoms with Gasteiger partial charge in [0, 0.05) is 18.1 Å². The molecule has 1 heterocycles. The topological polar surface area (TPSA) is 57.7 Å². The zero-order valence-electron chi connectivity index (χ0n) is 13.1. The molecule has 1 aromatic rings. The number of sulfonamides is 1. The average Bonchev–Trinajstić information content (AvgIpc) is 2.46. The Morgan fingerprint density at radius 2 is 2.09 bits per heavy atom. The maximum Gasteiger partial charge on any atom is 0.243 e. The van der Waals surface area contributed by atoms with Crippen LogP contribution in [-0.4, -0.2) is 45.1 Å². The molecular weight excluding hydrogens is 359 g/mol. The molecule has 0 aliphatic carbocycles. The summed E-state index contributed by atoms with van der Waals surface area (Å²) in [5, 5.41) is 0.594. The number of hydrogen-bond acceptors (Lipinski definition) is 3. The monoisotopic (exact) mass is 378 g/mol. The smallest absolute Gasteiger partial charge is 0.243 e. The Balaban J connectivity index is 2.26. The molecular formula is C15H20Cl2N2O3S. The number of benzene rings is 1. The lowest BCUT2D eigenvalue weighted by atomic mass is 10.0. The summed E-state index contributed by atoms with van der Waals surface area (Å²) in [7, 11) is -3.66. The van der Waals surface area contributed by atoms with Crippen LogP contribution in [0, 0.1) is 5.92 Å². The molecule has 0 spiro atoms. The fourth-order valence-corrected chi connectivity index (χ4v) is 3.99. The molecule has 2 rings (SSSR count). The number of amides is 1. The van der Waals surface area contributed by atoms with E-state index in [2.05, 4.69) is 6.92 Å². The van der Waals surface area contributed by atoms with Gasteiger partial charge >= 0.3 is 0 Å². The third-order valence-corrected chi connectivity index (χ3v) is 5.55. The Morgan fingerprint density at radius 3 is 2.70 bits per heavy atom. The first-order valence-electron chi connectivity index (χ1n) is 7.39. The van der Waals surface area contributed by atoms with E-state index >= 15 is 0 Å². The van der Waals surface area contributed by atoms with Gasteiger partial charge in [0.2, 0.25) is 15.9 Å². The Labute approximate surface area is 147 Å². The summed E-state index contributed by atoms with van der Waals surface area (Å²) < 4.78 is 25.3. The molecule has 5 nitrogen and oxygen atoms in total. The highest BCUT2D eigenvalue weighted by atomic mass is 35.5. The zero-order valence-corrected chi connectivity index (χ0v) is 15.5. The van der Waals surface area contributed by atoms with Crippen molar-refractivity contribution in [1.29, 1.82) is 0 Å². The lowest BCUT2D eigenvalue weighted by molar-refractivity contribution is -0.131. The normalized spacial score (nSPS) is 18.8. The summed E-state index contributed by atoms with van der Waals surface area (Å²) in [5.41, 5.74) is 0.222. The zero-order chi connectivity index (χ0) is 17.2. The maximum atomic E-state index is 12.5. The second-order valence-corrected chi connectivity index (χ2v) is 8.70. The van der Waals surface area contributed by atoms with Crippen LogP contribution in [0.5, 0.6) is 0 Å². The van der Waals surface area contributed by atoms with E-state index in [0.717, 1.165) is 23.4 Å². The number of piperidine rings is 1. The highest BCUT2D eigenvalue weighted by molar-refractivity contribution is 7.92. The molecule has 0 saturated carbocycles. The Kier molecular flexibility index (Phi) is 5.81. The third kappa shape index (κ3) is 4.75. The van der Waals surface area contributed by atoms with E-state index in [9.17, 15) is 13.2 Å². The lowest BCUT2D eigenvalue weighted by Crippen LogP contribution is -2.46. The molecule has 1 aliphatic heterocycles. The van der Waals surface area contributed by atoms with E-state index in [-0.39, 0.29) is 23.2 Å². The summed E-state index contributed by atoms with van der Waals surface area (Å²) >= 11 is 12.0. The summed E-state index contributed by atoms with van der Waals surface area (Å²) in [5.74, 6) is 0.201. The molecule has 0 bridgehead atoms. The molecule has 1 fully saturated rings. The molecule has 8 heteroatoms. The van der Waals surface area contributed by atoms with Crippen LogP contribution in [0.15, 0.2) is 18.2 Å². The van der Waals surface area contributed by atoms with Gasteiger partial charge in [-0.15, -0.1) is 0 Å². The SMILES string of the molecule is C[C@@H]1CCCN(C(=O)CN(c2cc(Cl)ccc2Cl)S(C)(=O)=O)C1. The molecule has 0 aromatic heterocycles. The minimum atomic E-state index is -3.66. The van der Waals surface area contributed by atoms with Crippen molar-refractivity contribution in [2.45, 2.75) is 19.8 Å². The van der Waals surface area contributed by atoms with E-state index in [0.29, 0.717) is 24.0 Å². The largest absolute Gasteiger partial charge is 0.341 e. The minimum Gasteiger partial charge on any atom is -0.341 e. The van der Waals surface area contributed by atoms with Gasteiger partial charge in [-0.2, -0.15) is 0 Å². The number of anilines is 1. The first-order chi connectivity index (χ1) is 10.7. The summed E-state index contributed by atoms with van der Waals surface area (Å²) in [6.45, 7) is 3.12. The molecule has 1 aliphatic rings. The predicted octanol–water partition coefficient (Wildman–Crippen LogP) is 3.02. The molecule has 0 radical (unpaired) electrons. The number of carbonyl (C=O) groups excluding carboxylic acids is 1. The van der Waals surface area contributed by atoms with E-state index in [1.165, 1.54) is 12.1 Å². The maximum absolute atomic E-state index is 12.5. The van der Waals surface area contributed by atoms with Gasteiger partial charge in [-0.3, -0.25) is 9.10 Å². The molecule has 1 saturated heterocycles. The van der Waals surface area contributed by atoms with Crippen molar-refractivity contribution in [3.8, 4) is 0 Å². The standard InChI is InChI=1S/C15H20Cl2N2O3S/c1-11-4-3-7-18(9-11)15(20)10-19(23(2,21)22)14-8-12(16)5-6-13(14)17/h5-6,8,11H,3-4,7,9-10H2,1-2H3/t11-/m1/s1. The highest BCUT2D eigenvalue weighted by Crippen LogP contribution is 2.30. The molecule has 1 atom stereocenters. The number of nitrogens with zero attached hydrogens (tertiary/aromatic N) is 2. The first kappa shape index (κ1) is 18.4. The Hall–Kier alpha value is -0.980. The van der Waals surface area contributed by atoms with E-state index < -0.39 is 10.0 Å². The number of carbonyl (C=O) groups is 1. The second kappa shape index (κ2) is 7.28. The van der Waals surface area contributed by atoms with Gasteiger partial charge in [0.25, 0.3) is 0 Å². The minimum absolute atomic E-state index is 0.222. The summed E-state index contributed by atoms with van der Waals surface area (Å²) in [6, 6.07) is 4.55. The molecule has 0 N–H and O–H groups in total. The van der Waals surface area contributed by atoms with Crippen molar-refractivity contribution in [2.75, 3.05) is 30.2 Å². The van der Waals surface area contributed by atoms with Crippen molar-refractivity contribution < 1.29 is 13.2 Å². The fraction of sp³-hybridized carbons (Fsp3) is 0.533. The molecule has 23 heavy (non-hydrogen) atoms. The predicted molar refractivity (Wildman–Crippen MR) is 93.6 cm³/mol. The van der Waals surface area contributed by atoms with Gasteiger partial charge < -0.3 is 4.90 Å². The van der Waals surface area contributed by atoms with Crippen molar-refractivity contribution >= 4 is 44.8 Å². The van der Waals surface area contributed by atoms with Gasteiger partial charge in [-0.25, -0.2) is 8.42 Å². The van der Waals surface area contributed by atoms with Gasteiger partial charge in [-0.1, -0.05) is 30.1 Å². The summed E-state index contributed by atoms with van der Waals surface area (Å²) in [6.07, 6.45) is 3.07. The van der Waals surface area contributed by atoms with Crippen LogP contribution in [-0.2, 0) is 14.8 Å². The third-order valence-electron chi connectivity index (χ3n) is 3.87. The van der Waals surface area contributed by atoms with Crippen LogP contribution in [0.1, 0.15) is 19.8 Å². The first-order valence-corrected chi connectivity index (χ1v) is 9.99. The lowest BCUT2D eigenvalue weighted by Gasteiger charge is -2.33. The van der Waals surface area contributed by atoms with Crippen molar-refractivity contribution in [3.63, 3.8) is 0 Å². The van der Waals surface area contributed by atoms with E-state index in [1.54, 1.807) is 11.0 Å². The number of likely N-dealkylation sites (tertiary alicyclic amines) is 1. The number of halogens is 2. The van der Waals surface area contributed by atoms with Crippen LogP contribution in [0.2, 0.25) is 10.0 Å². The van der Waals surface area contributed by atoms with Gasteiger partial charge in [-0.05, 0) is 37.0 Å². The highest BCUT2D eigenvalue weighted by Gasteiger charge is 2.27. The van der Waals surface area contributed by atoms with Crippen LogP contribution < -0.4 is 4.31 Å². The fourth-order valence-electron chi connectivity index (χ4n) is 2.70. The average molecular weight is 379 g/mol. The van der Waals surface area contributed by atoms with Crippen molar-refractivity contribution in [2.24, 2.45) is 5.92 Å². The quantitative estimate of drug-likeness (QED) is 0.808. The second-order valence-electron chi connectivity index (χ2n) is 5.95. The van der Waals surface area contributed by atoms with Gasteiger partial charge in [0.15, 0.2) is 0 Å². The van der Waals surface area contributed by atoms with Crippen molar-refractivity contribution in [1.82, 2.24) is 4.90 Å². The Morgan fingerprint density at radius 1 is 1.39 bits per heavy atom. The van der Waals surface area contributed by atoms with E-state index in [4.69, 9.17) is 23.2 Å². The molecule has 1 amide bonds. The van der Waals surface area contributed by atoms with Crippen LogP contribution >= 0.6 is 23.2 Å². The van der Waals surface area contributed by atoms with Crippen LogP contribution in [0.3, 0.4) is 0 Å². The van der Waals surface area contributed by atoms with E-state index in [1.807, 2.05) is 0 Å². The Bertz CT molecular complexity index is 694. The molecule has 1 aromatic carbocycles. The number of rotatable bonds is 4. The van der Waals surface area contributed by atoms with Gasteiger partial charge in [0.05, 0.1) is 17.0 Å². The van der Waals surface area contributed by atoms with Crippen molar-refractivity contribution in [3.05, 3.63) is 28.2 Å². The number of hydrogen-bond donors (Lipinski definition) is 0. The van der Waals surface area contributed by atoms with Crippen LogP contribution in [0.25, 0.3) is 0 Å². The molecule has 128 valence electrons. The van der Waals surface area contributed by atoms with Crippen LogP contribution in [0.4, 0.5) is 5.69 Å².